The lowest BCUT2D eigenvalue weighted by atomic mass is 9.87. The highest BCUT2D eigenvalue weighted by molar-refractivity contribution is 8.00. The lowest BCUT2D eigenvalue weighted by molar-refractivity contribution is -0.144. The molecule has 0 bridgehead atoms. The fourth-order valence-corrected chi connectivity index (χ4v) is 2.56. The fourth-order valence-electron chi connectivity index (χ4n) is 1.76. The van der Waals surface area contributed by atoms with Gasteiger partial charge in [0.25, 0.3) is 0 Å². The van der Waals surface area contributed by atoms with Crippen LogP contribution in [0.2, 0.25) is 0 Å². The minimum Gasteiger partial charge on any atom is -0.466 e. The summed E-state index contributed by atoms with van der Waals surface area (Å²) >= 11 is 1.51. The van der Waals surface area contributed by atoms with Crippen molar-refractivity contribution in [2.45, 2.75) is 50.8 Å². The standard InChI is InChI=1S/C17H24O3S/c1-5-20-16(19)11-8-14(18)12-21-15-9-6-13(7-10-15)17(2,3)4/h6-7,9-10H,5,8,11-12H2,1-4H3. The summed E-state index contributed by atoms with van der Waals surface area (Å²) in [6.45, 7) is 8.65. The van der Waals surface area contributed by atoms with Gasteiger partial charge in [-0.15, -0.1) is 11.8 Å². The number of thioether (sulfide) groups is 1. The zero-order chi connectivity index (χ0) is 15.9. The van der Waals surface area contributed by atoms with Crippen molar-refractivity contribution in [3.63, 3.8) is 0 Å². The maximum atomic E-state index is 11.7. The van der Waals surface area contributed by atoms with Crippen LogP contribution in [0.15, 0.2) is 29.2 Å². The van der Waals surface area contributed by atoms with Crippen LogP contribution in [0.25, 0.3) is 0 Å². The summed E-state index contributed by atoms with van der Waals surface area (Å²) < 4.78 is 4.80. The predicted molar refractivity (Wildman–Crippen MR) is 86.7 cm³/mol. The van der Waals surface area contributed by atoms with Gasteiger partial charge in [0.2, 0.25) is 0 Å². The molecule has 0 amide bonds. The minimum absolute atomic E-state index is 0.0768. The zero-order valence-corrected chi connectivity index (χ0v) is 14.1. The third-order valence-corrected chi connectivity index (χ3v) is 4.11. The molecule has 3 nitrogen and oxygen atoms in total. The van der Waals surface area contributed by atoms with Crippen LogP contribution in [0.4, 0.5) is 0 Å². The molecule has 116 valence electrons. The summed E-state index contributed by atoms with van der Waals surface area (Å²) in [5, 5.41) is 0. The van der Waals surface area contributed by atoms with Gasteiger partial charge in [-0.2, -0.15) is 0 Å². The molecule has 4 heteroatoms. The van der Waals surface area contributed by atoms with Crippen LogP contribution < -0.4 is 0 Å². The Morgan fingerprint density at radius 3 is 2.24 bits per heavy atom. The number of hydrogen-bond donors (Lipinski definition) is 0. The van der Waals surface area contributed by atoms with E-state index >= 15 is 0 Å². The van der Waals surface area contributed by atoms with Gasteiger partial charge in [-0.1, -0.05) is 32.9 Å². The van der Waals surface area contributed by atoms with Crippen molar-refractivity contribution < 1.29 is 14.3 Å². The molecule has 1 aromatic rings. The molecule has 0 saturated carbocycles. The van der Waals surface area contributed by atoms with Crippen LogP contribution in [0.3, 0.4) is 0 Å². The van der Waals surface area contributed by atoms with Crippen LogP contribution in [0.5, 0.6) is 0 Å². The summed E-state index contributed by atoms with van der Waals surface area (Å²) in [6.07, 6.45) is 0.433. The van der Waals surface area contributed by atoms with Crippen molar-refractivity contribution in [1.82, 2.24) is 0 Å². The Morgan fingerprint density at radius 1 is 1.10 bits per heavy atom. The Kier molecular flexibility index (Phi) is 6.96. The van der Waals surface area contributed by atoms with Gasteiger partial charge in [-0.3, -0.25) is 9.59 Å². The van der Waals surface area contributed by atoms with E-state index in [1.165, 1.54) is 17.3 Å². The maximum Gasteiger partial charge on any atom is 0.306 e. The Labute approximate surface area is 131 Å². The van der Waals surface area contributed by atoms with Crippen LogP contribution in [0.1, 0.15) is 46.1 Å². The van der Waals surface area contributed by atoms with Gasteiger partial charge in [0.15, 0.2) is 0 Å². The molecule has 0 fully saturated rings. The molecule has 0 atom stereocenters. The summed E-state index contributed by atoms with van der Waals surface area (Å²) in [5.41, 5.74) is 1.42. The molecule has 1 rings (SSSR count). The van der Waals surface area contributed by atoms with E-state index in [-0.39, 0.29) is 30.0 Å². The number of carbonyl (C=O) groups excluding carboxylic acids is 2. The molecule has 0 aromatic heterocycles. The van der Waals surface area contributed by atoms with Gasteiger partial charge in [-0.05, 0) is 30.0 Å². The first-order valence-corrected chi connectivity index (χ1v) is 8.22. The van der Waals surface area contributed by atoms with E-state index in [4.69, 9.17) is 4.74 Å². The molecular formula is C17H24O3S. The van der Waals surface area contributed by atoms with Crippen LogP contribution in [0, 0.1) is 0 Å². The first kappa shape index (κ1) is 17.8. The third kappa shape index (κ3) is 6.80. The van der Waals surface area contributed by atoms with Crippen molar-refractivity contribution >= 4 is 23.5 Å². The molecule has 0 saturated heterocycles. The maximum absolute atomic E-state index is 11.7. The van der Waals surface area contributed by atoms with Gasteiger partial charge in [-0.25, -0.2) is 0 Å². The second-order valence-corrected chi connectivity index (χ2v) is 6.96. The minimum atomic E-state index is -0.301. The molecule has 0 spiro atoms. The second-order valence-electron chi connectivity index (χ2n) is 5.91. The van der Waals surface area contributed by atoms with Crippen LogP contribution in [-0.4, -0.2) is 24.1 Å². The van der Waals surface area contributed by atoms with Crippen molar-refractivity contribution in [1.29, 1.82) is 0 Å². The topological polar surface area (TPSA) is 43.4 Å². The molecule has 0 aliphatic heterocycles. The van der Waals surface area contributed by atoms with Gasteiger partial charge >= 0.3 is 5.97 Å². The SMILES string of the molecule is CCOC(=O)CCC(=O)CSc1ccc(C(C)(C)C)cc1. The van der Waals surface area contributed by atoms with E-state index in [0.717, 1.165) is 4.90 Å². The number of benzene rings is 1. The average Bonchev–Trinajstić information content (AvgIpc) is 2.43. The van der Waals surface area contributed by atoms with Gasteiger partial charge < -0.3 is 4.74 Å². The Morgan fingerprint density at radius 2 is 1.71 bits per heavy atom. The summed E-state index contributed by atoms with van der Waals surface area (Å²) in [5.74, 6) is 0.173. The molecule has 0 aliphatic carbocycles. The lowest BCUT2D eigenvalue weighted by Crippen LogP contribution is -2.10. The average molecular weight is 308 g/mol. The normalized spacial score (nSPS) is 11.2. The van der Waals surface area contributed by atoms with E-state index < -0.39 is 0 Å². The number of rotatable bonds is 7. The van der Waals surface area contributed by atoms with E-state index in [2.05, 4.69) is 32.9 Å². The number of ether oxygens (including phenoxy) is 1. The highest BCUT2D eigenvalue weighted by atomic mass is 32.2. The summed E-state index contributed by atoms with van der Waals surface area (Å²) in [4.78, 5) is 24.0. The molecule has 0 N–H and O–H groups in total. The van der Waals surface area contributed by atoms with Gasteiger partial charge in [0.1, 0.15) is 5.78 Å². The number of Topliss-reactive ketones (excluding diaryl/α,β-unsaturated/α-hetero) is 1. The van der Waals surface area contributed by atoms with Crippen molar-refractivity contribution in [3.8, 4) is 0 Å². The number of hydrogen-bond acceptors (Lipinski definition) is 4. The van der Waals surface area contributed by atoms with Crippen LogP contribution >= 0.6 is 11.8 Å². The fraction of sp³-hybridized carbons (Fsp3) is 0.529. The van der Waals surface area contributed by atoms with Crippen LogP contribution in [-0.2, 0) is 19.7 Å². The molecule has 0 unspecified atom stereocenters. The van der Waals surface area contributed by atoms with E-state index in [0.29, 0.717) is 12.4 Å². The van der Waals surface area contributed by atoms with Crippen molar-refractivity contribution in [3.05, 3.63) is 29.8 Å². The van der Waals surface area contributed by atoms with E-state index in [9.17, 15) is 9.59 Å². The molecule has 21 heavy (non-hydrogen) atoms. The largest absolute Gasteiger partial charge is 0.466 e. The van der Waals surface area contributed by atoms with Crippen molar-refractivity contribution in [2.24, 2.45) is 0 Å². The first-order chi connectivity index (χ1) is 9.82. The highest BCUT2D eigenvalue weighted by Crippen LogP contribution is 2.25. The quantitative estimate of drug-likeness (QED) is 0.564. The predicted octanol–water partition coefficient (Wildman–Crippen LogP) is 3.99. The smallest absolute Gasteiger partial charge is 0.306 e. The van der Waals surface area contributed by atoms with Gasteiger partial charge in [0, 0.05) is 11.3 Å². The number of esters is 1. The zero-order valence-electron chi connectivity index (χ0n) is 13.3. The Balaban J connectivity index is 2.38. The molecule has 0 heterocycles. The Hall–Kier alpha value is -1.29. The van der Waals surface area contributed by atoms with Gasteiger partial charge in [0.05, 0.1) is 18.8 Å². The highest BCUT2D eigenvalue weighted by Gasteiger charge is 2.13. The monoisotopic (exact) mass is 308 g/mol. The number of carbonyl (C=O) groups is 2. The second kappa shape index (κ2) is 8.23. The van der Waals surface area contributed by atoms with Crippen molar-refractivity contribution in [2.75, 3.05) is 12.4 Å². The molecule has 0 radical (unpaired) electrons. The number of ketones is 1. The lowest BCUT2D eigenvalue weighted by Gasteiger charge is -2.19. The first-order valence-electron chi connectivity index (χ1n) is 7.23. The molecule has 0 aliphatic rings. The molecular weight excluding hydrogens is 284 g/mol. The third-order valence-electron chi connectivity index (χ3n) is 3.03. The summed E-state index contributed by atoms with van der Waals surface area (Å²) in [6, 6.07) is 8.30. The van der Waals surface area contributed by atoms with E-state index in [1.807, 2.05) is 12.1 Å². The van der Waals surface area contributed by atoms with E-state index in [1.54, 1.807) is 6.92 Å². The molecule has 1 aromatic carbocycles. The summed E-state index contributed by atoms with van der Waals surface area (Å²) in [7, 11) is 0. The Bertz CT molecular complexity index is 472.